The summed E-state index contributed by atoms with van der Waals surface area (Å²) in [6, 6.07) is 11.6. The summed E-state index contributed by atoms with van der Waals surface area (Å²) in [6.07, 6.45) is -12.1. The molecule has 5 N–H and O–H groups in total. The molecular weight excluding hydrogens is 1450 g/mol. The van der Waals surface area contributed by atoms with Crippen molar-refractivity contribution in [1.29, 1.82) is 0 Å². The molecule has 4 aromatic carbocycles. The van der Waals surface area contributed by atoms with Gasteiger partial charge in [0.05, 0.1) is 39.7 Å². The molecule has 2 fully saturated rings. The molecule has 8 aromatic rings. The number of Topliss-reactive ketones (excluding diaryl/α,β-unsaturated/α-hetero) is 3. The van der Waals surface area contributed by atoms with E-state index in [1.54, 1.807) is 9.80 Å². The van der Waals surface area contributed by atoms with E-state index < -0.39 is 209 Å². The molecule has 12 rings (SSSR count). The van der Waals surface area contributed by atoms with Crippen LogP contribution in [0.5, 0.6) is 0 Å². The molecule has 2 aliphatic carbocycles. The molecule has 0 unspecified atom stereocenters. The van der Waals surface area contributed by atoms with E-state index in [0.717, 1.165) is 48.5 Å². The summed E-state index contributed by atoms with van der Waals surface area (Å²) in [5.74, 6) is -28.6. The highest BCUT2D eigenvalue weighted by Crippen LogP contribution is 2.54. The van der Waals surface area contributed by atoms with Crippen LogP contribution in [0.2, 0.25) is 0 Å². The predicted molar refractivity (Wildman–Crippen MR) is 339 cm³/mol. The highest BCUT2D eigenvalue weighted by atomic mass is 19.3. The highest BCUT2D eigenvalue weighted by molar-refractivity contribution is 5.95. The first-order valence-corrected chi connectivity index (χ1v) is 32.7. The number of aromatic nitrogens is 8. The normalized spacial score (nSPS) is 17.3. The fourth-order valence-electron chi connectivity index (χ4n) is 13.6. The lowest BCUT2D eigenvalue weighted by Crippen LogP contribution is -2.37. The SMILES string of the molecule is NC(=O)c1cc(-c2cnc(N3CCC(=O)CC3)nc2[C@@H](CC(=O)Cn2nc(C(F)F)c3c2C(F)(F)CCC3(F)F)Cc2cc(F)cc(F)c2)ccc1F.NC(=O)c1cc(-c2cnc(N3CCC(O)CC3)nc2[C@@H](CC(=O)Cn2nc(C(F)F)c3c2C(F)(F)CCC3(F)F)Cc2cc(F)cc(F)c2)ccc1F. The van der Waals surface area contributed by atoms with Gasteiger partial charge < -0.3 is 26.4 Å². The lowest BCUT2D eigenvalue weighted by Gasteiger charge is -2.31. The number of aliphatic hydroxyl groups is 1. The van der Waals surface area contributed by atoms with Crippen molar-refractivity contribution in [2.45, 2.75) is 145 Å². The second kappa shape index (κ2) is 30.3. The fourth-order valence-corrected chi connectivity index (χ4v) is 13.6. The number of halogens is 18. The number of anilines is 2. The number of amides is 2. The van der Waals surface area contributed by atoms with Gasteiger partial charge in [0.15, 0.2) is 11.6 Å². The Bertz CT molecular complexity index is 4690. The molecule has 106 heavy (non-hydrogen) atoms. The summed E-state index contributed by atoms with van der Waals surface area (Å²) in [7, 11) is 0. The third-order valence-electron chi connectivity index (χ3n) is 18.5. The molecule has 6 heterocycles. The van der Waals surface area contributed by atoms with Gasteiger partial charge in [-0.1, -0.05) is 12.1 Å². The molecule has 18 nitrogen and oxygen atoms in total. The number of rotatable bonds is 22. The van der Waals surface area contributed by atoms with Gasteiger partial charge in [0.25, 0.3) is 48.4 Å². The average molecular weight is 1510 g/mol. The maximum atomic E-state index is 15.1. The molecule has 562 valence electrons. The molecule has 4 aliphatic rings. The Balaban J connectivity index is 0.000000212. The van der Waals surface area contributed by atoms with E-state index in [4.69, 9.17) is 11.5 Å². The Hall–Kier alpha value is -10.3. The average Bonchev–Trinajstić information content (AvgIpc) is 1.58. The zero-order valence-electron chi connectivity index (χ0n) is 55.1. The summed E-state index contributed by atoms with van der Waals surface area (Å²) in [5, 5.41) is 16.7. The lowest BCUT2D eigenvalue weighted by molar-refractivity contribution is -0.122. The van der Waals surface area contributed by atoms with E-state index >= 15 is 17.6 Å². The number of ketones is 3. The van der Waals surface area contributed by atoms with Crippen LogP contribution in [0.1, 0.15) is 166 Å². The Morgan fingerprint density at radius 3 is 1.22 bits per heavy atom. The Kier molecular flexibility index (Phi) is 22.0. The standard InChI is InChI=1S/C35H31F9N6O3.C35H29F9N6O3/c2*36-20-10-17(11-21(37)14-20)9-19(12-23(52)16-50-30-27(29(48-50)31(39)40)34(41,42)5-6-35(30,43)44)28-25(18-1-2-26(38)24(13-18)32(45)53)15-46-33(47-28)49-7-3-22(51)4-8-49/h1-2,10-11,13-15,19,22,31,51H,3-9,12,16H2,(H2,45,53);1-2,10-11,13-15,19,31H,3-9,12,16H2,(H2,45,53)/t2*19-/m11/s1. The van der Waals surface area contributed by atoms with Crippen molar-refractivity contribution in [3.8, 4) is 22.3 Å². The number of piperidine rings is 2. The van der Waals surface area contributed by atoms with Gasteiger partial charge in [-0.3, -0.25) is 33.3 Å². The fraction of sp³-hybridized carbons (Fsp3) is 0.386. The van der Waals surface area contributed by atoms with Crippen LogP contribution < -0.4 is 21.3 Å². The van der Waals surface area contributed by atoms with Crippen LogP contribution in [-0.4, -0.2) is 106 Å². The summed E-state index contributed by atoms with van der Waals surface area (Å²) in [6.45, 7) is -1.32. The number of aliphatic hydroxyl groups excluding tert-OH is 1. The van der Waals surface area contributed by atoms with Crippen molar-refractivity contribution in [3.63, 3.8) is 0 Å². The zero-order chi connectivity index (χ0) is 76.8. The first-order valence-electron chi connectivity index (χ1n) is 32.7. The van der Waals surface area contributed by atoms with Crippen molar-refractivity contribution in [3.05, 3.63) is 188 Å². The molecule has 0 bridgehead atoms. The quantitative estimate of drug-likeness (QED) is 0.0534. The van der Waals surface area contributed by atoms with Gasteiger partial charge in [-0.05, 0) is 96.5 Å². The predicted octanol–water partition coefficient (Wildman–Crippen LogP) is 13.6. The molecule has 0 radical (unpaired) electrons. The molecule has 2 saturated heterocycles. The minimum Gasteiger partial charge on any atom is -0.393 e. The van der Waals surface area contributed by atoms with Gasteiger partial charge >= 0.3 is 0 Å². The van der Waals surface area contributed by atoms with E-state index in [1.165, 1.54) is 24.5 Å². The van der Waals surface area contributed by atoms with Gasteiger partial charge in [-0.2, -0.15) is 27.8 Å². The summed E-state index contributed by atoms with van der Waals surface area (Å²) in [5.41, 5.74) is 0.607. The van der Waals surface area contributed by atoms with Crippen molar-refractivity contribution >= 4 is 41.1 Å². The monoisotopic (exact) mass is 1510 g/mol. The minimum atomic E-state index is -4.09. The Morgan fingerprint density at radius 1 is 0.500 bits per heavy atom. The van der Waals surface area contributed by atoms with Crippen LogP contribution >= 0.6 is 0 Å². The van der Waals surface area contributed by atoms with Crippen molar-refractivity contribution < 1.29 is 108 Å². The van der Waals surface area contributed by atoms with Crippen LogP contribution in [0, 0.1) is 34.9 Å². The number of hydrogen-bond acceptors (Lipinski definition) is 14. The number of hydrogen-bond donors (Lipinski definition) is 3. The van der Waals surface area contributed by atoms with Crippen LogP contribution in [0.4, 0.5) is 90.9 Å². The smallest absolute Gasteiger partial charge is 0.290 e. The number of nitrogens with zero attached hydrogens (tertiary/aromatic N) is 10. The molecule has 4 aromatic heterocycles. The third-order valence-corrected chi connectivity index (χ3v) is 18.5. The summed E-state index contributed by atoms with van der Waals surface area (Å²) >= 11 is 0. The number of fused-ring (bicyclic) bond motifs is 2. The second-order valence-electron chi connectivity index (χ2n) is 26.1. The molecule has 2 amide bonds. The molecule has 36 heteroatoms. The van der Waals surface area contributed by atoms with Gasteiger partial charge in [0, 0.05) is 125 Å². The van der Waals surface area contributed by atoms with Gasteiger partial charge in [-0.25, -0.2) is 81.4 Å². The topological polar surface area (TPSA) is 251 Å². The summed E-state index contributed by atoms with van der Waals surface area (Å²) in [4.78, 5) is 85.0. The van der Waals surface area contributed by atoms with Crippen LogP contribution in [0.25, 0.3) is 22.3 Å². The number of alkyl halides is 12. The number of nitrogens with two attached hydrogens (primary N) is 2. The van der Waals surface area contributed by atoms with Crippen LogP contribution in [-0.2, 0) is 64.0 Å². The van der Waals surface area contributed by atoms with E-state index in [1.807, 2.05) is 0 Å². The molecule has 0 saturated carbocycles. The van der Waals surface area contributed by atoms with Crippen molar-refractivity contribution in [2.75, 3.05) is 36.0 Å². The summed E-state index contributed by atoms with van der Waals surface area (Å²) < 4.78 is 262. The zero-order valence-corrected chi connectivity index (χ0v) is 55.1. The number of carbonyl (C=O) groups excluding carboxylic acids is 5. The number of benzene rings is 4. The Morgan fingerprint density at radius 2 is 0.858 bits per heavy atom. The molecule has 2 atom stereocenters. The van der Waals surface area contributed by atoms with Crippen LogP contribution in [0.3, 0.4) is 0 Å². The van der Waals surface area contributed by atoms with E-state index in [9.17, 15) is 90.5 Å². The lowest BCUT2D eigenvalue weighted by atomic mass is 9.86. The number of carbonyl (C=O) groups is 5. The molecular formula is C70H60F18N12O6. The number of primary amides is 2. The van der Waals surface area contributed by atoms with Gasteiger partial charge in [0.2, 0.25) is 11.9 Å². The van der Waals surface area contributed by atoms with Crippen molar-refractivity contribution in [2.24, 2.45) is 11.5 Å². The molecule has 2 aliphatic heterocycles. The largest absolute Gasteiger partial charge is 0.393 e. The third kappa shape index (κ3) is 16.7. The maximum Gasteiger partial charge on any atom is 0.290 e. The maximum absolute atomic E-state index is 15.1. The first kappa shape index (κ1) is 76.8. The van der Waals surface area contributed by atoms with E-state index in [2.05, 4.69) is 30.1 Å². The van der Waals surface area contributed by atoms with Crippen LogP contribution in [0.15, 0.2) is 85.2 Å². The van der Waals surface area contributed by atoms with E-state index in [-0.39, 0.29) is 111 Å². The molecule has 0 spiro atoms. The highest BCUT2D eigenvalue weighted by Gasteiger charge is 2.57. The van der Waals surface area contributed by atoms with Gasteiger partial charge in [-0.15, -0.1) is 0 Å². The van der Waals surface area contributed by atoms with Gasteiger partial charge in [0.1, 0.15) is 76.6 Å². The minimum absolute atomic E-state index is 0.00505. The van der Waals surface area contributed by atoms with E-state index in [0.29, 0.717) is 38.1 Å². The first-order chi connectivity index (χ1) is 49.9. The van der Waals surface area contributed by atoms with Crippen molar-refractivity contribution in [1.82, 2.24) is 39.5 Å². The Labute approximate surface area is 588 Å². The second-order valence-corrected chi connectivity index (χ2v) is 26.1.